The highest BCUT2D eigenvalue weighted by Gasteiger charge is 2.03. The molecule has 0 spiro atoms. The molecule has 0 bridgehead atoms. The van der Waals surface area contributed by atoms with Crippen molar-refractivity contribution in [3.63, 3.8) is 0 Å². The van der Waals surface area contributed by atoms with Gasteiger partial charge >= 0.3 is 0 Å². The first kappa shape index (κ1) is 15.0. The maximum atomic E-state index is 4.50. The van der Waals surface area contributed by atoms with Gasteiger partial charge in [-0.1, -0.05) is 22.0 Å². The summed E-state index contributed by atoms with van der Waals surface area (Å²) < 4.78 is 2.14. The predicted octanol–water partition coefficient (Wildman–Crippen LogP) is 5.34. The second kappa shape index (κ2) is 6.54. The van der Waals surface area contributed by atoms with Crippen molar-refractivity contribution in [1.29, 1.82) is 0 Å². The lowest BCUT2D eigenvalue weighted by molar-refractivity contribution is 1.17. The van der Waals surface area contributed by atoms with Crippen LogP contribution < -0.4 is 10.6 Å². The van der Waals surface area contributed by atoms with Crippen molar-refractivity contribution in [2.24, 2.45) is 0 Å². The molecule has 0 unspecified atom stereocenters. The summed E-state index contributed by atoms with van der Waals surface area (Å²) in [4.78, 5) is 13.0. The second-order valence-corrected chi connectivity index (χ2v) is 6.86. The number of benzene rings is 2. The Bertz CT molecular complexity index is 1000. The molecule has 118 valence electrons. The maximum absolute atomic E-state index is 4.50. The van der Waals surface area contributed by atoms with Crippen molar-refractivity contribution in [2.75, 3.05) is 10.6 Å². The SMILES string of the molecule is Brc1cccc(Nc2nccc(Nc3ccc4ncsc4c3)n2)c1. The smallest absolute Gasteiger partial charge is 0.229 e. The highest BCUT2D eigenvalue weighted by molar-refractivity contribution is 9.10. The van der Waals surface area contributed by atoms with E-state index < -0.39 is 0 Å². The van der Waals surface area contributed by atoms with Gasteiger partial charge in [0, 0.05) is 22.0 Å². The standard InChI is InChI=1S/C17H12BrN5S/c18-11-2-1-3-12(8-11)22-17-19-7-6-16(23-17)21-13-4-5-14-15(9-13)24-10-20-14/h1-10H,(H2,19,21,22,23). The molecule has 5 nitrogen and oxygen atoms in total. The van der Waals surface area contributed by atoms with Gasteiger partial charge in [-0.05, 0) is 42.5 Å². The molecule has 4 rings (SSSR count). The molecule has 2 aromatic carbocycles. The summed E-state index contributed by atoms with van der Waals surface area (Å²) in [6.45, 7) is 0. The van der Waals surface area contributed by atoms with E-state index >= 15 is 0 Å². The summed E-state index contributed by atoms with van der Waals surface area (Å²) >= 11 is 5.07. The fourth-order valence-corrected chi connectivity index (χ4v) is 3.38. The van der Waals surface area contributed by atoms with Gasteiger partial charge in [-0.25, -0.2) is 9.97 Å². The summed E-state index contributed by atoms with van der Waals surface area (Å²) in [5, 5.41) is 6.50. The van der Waals surface area contributed by atoms with Gasteiger partial charge in [-0.2, -0.15) is 4.98 Å². The molecule has 0 aliphatic carbocycles. The lowest BCUT2D eigenvalue weighted by atomic mass is 10.3. The number of aromatic nitrogens is 3. The van der Waals surface area contributed by atoms with E-state index in [9.17, 15) is 0 Å². The van der Waals surface area contributed by atoms with Crippen LogP contribution in [0.25, 0.3) is 10.2 Å². The molecule has 2 N–H and O–H groups in total. The van der Waals surface area contributed by atoms with E-state index in [0.29, 0.717) is 5.95 Å². The number of nitrogens with zero attached hydrogens (tertiary/aromatic N) is 3. The number of hydrogen-bond donors (Lipinski definition) is 2. The largest absolute Gasteiger partial charge is 0.340 e. The first-order valence-corrected chi connectivity index (χ1v) is 8.89. The molecular weight excluding hydrogens is 386 g/mol. The Morgan fingerprint density at radius 2 is 1.83 bits per heavy atom. The Kier molecular flexibility index (Phi) is 4.10. The molecule has 0 amide bonds. The normalized spacial score (nSPS) is 10.7. The zero-order valence-corrected chi connectivity index (χ0v) is 14.8. The Labute approximate surface area is 150 Å². The zero-order valence-electron chi connectivity index (χ0n) is 12.4. The molecule has 24 heavy (non-hydrogen) atoms. The molecule has 0 saturated carbocycles. The molecule has 0 aliphatic rings. The van der Waals surface area contributed by atoms with Gasteiger partial charge in [0.1, 0.15) is 5.82 Å². The topological polar surface area (TPSA) is 62.7 Å². The minimum absolute atomic E-state index is 0.539. The Hall–Kier alpha value is -2.51. The summed E-state index contributed by atoms with van der Waals surface area (Å²) in [6.07, 6.45) is 1.72. The van der Waals surface area contributed by atoms with Gasteiger partial charge in [-0.15, -0.1) is 11.3 Å². The molecule has 4 aromatic rings. The van der Waals surface area contributed by atoms with Crippen LogP contribution in [0, 0.1) is 0 Å². The minimum atomic E-state index is 0.539. The number of nitrogens with one attached hydrogen (secondary N) is 2. The number of anilines is 4. The summed E-state index contributed by atoms with van der Waals surface area (Å²) in [7, 11) is 0. The number of rotatable bonds is 4. The minimum Gasteiger partial charge on any atom is -0.340 e. The molecule has 0 atom stereocenters. The molecule has 0 fully saturated rings. The number of thiazole rings is 1. The van der Waals surface area contributed by atoms with Gasteiger partial charge in [0.2, 0.25) is 5.95 Å². The third-order valence-electron chi connectivity index (χ3n) is 3.34. The summed E-state index contributed by atoms with van der Waals surface area (Å²) in [5.74, 6) is 1.27. The quantitative estimate of drug-likeness (QED) is 0.486. The van der Waals surface area contributed by atoms with Crippen molar-refractivity contribution in [2.45, 2.75) is 0 Å². The maximum Gasteiger partial charge on any atom is 0.229 e. The molecule has 2 heterocycles. The molecule has 0 aliphatic heterocycles. The Balaban J connectivity index is 1.55. The highest BCUT2D eigenvalue weighted by Crippen LogP contribution is 2.24. The monoisotopic (exact) mass is 397 g/mol. The average molecular weight is 398 g/mol. The van der Waals surface area contributed by atoms with Crippen LogP contribution in [0.3, 0.4) is 0 Å². The Morgan fingerprint density at radius 3 is 2.75 bits per heavy atom. The van der Waals surface area contributed by atoms with Crippen LogP contribution in [0.2, 0.25) is 0 Å². The second-order valence-electron chi connectivity index (χ2n) is 5.06. The van der Waals surface area contributed by atoms with E-state index in [-0.39, 0.29) is 0 Å². The van der Waals surface area contributed by atoms with Crippen molar-refractivity contribution >= 4 is 60.6 Å². The zero-order chi connectivity index (χ0) is 16.4. The van der Waals surface area contributed by atoms with Crippen LogP contribution in [-0.2, 0) is 0 Å². The molecular formula is C17H12BrN5S. The third kappa shape index (κ3) is 3.37. The summed E-state index contributed by atoms with van der Waals surface area (Å²) in [5.41, 5.74) is 4.75. The number of hydrogen-bond acceptors (Lipinski definition) is 6. The lowest BCUT2D eigenvalue weighted by Crippen LogP contribution is -2.00. The fraction of sp³-hybridized carbons (Fsp3) is 0. The van der Waals surface area contributed by atoms with E-state index in [1.54, 1.807) is 17.5 Å². The number of fused-ring (bicyclic) bond motifs is 1. The fourth-order valence-electron chi connectivity index (χ4n) is 2.26. The van der Waals surface area contributed by atoms with E-state index in [4.69, 9.17) is 0 Å². The molecule has 2 aromatic heterocycles. The van der Waals surface area contributed by atoms with Crippen LogP contribution in [0.4, 0.5) is 23.1 Å². The van der Waals surface area contributed by atoms with Crippen LogP contribution in [0.1, 0.15) is 0 Å². The van der Waals surface area contributed by atoms with E-state index in [1.807, 2.05) is 48.0 Å². The van der Waals surface area contributed by atoms with Crippen molar-refractivity contribution in [1.82, 2.24) is 15.0 Å². The van der Waals surface area contributed by atoms with Crippen LogP contribution >= 0.6 is 27.3 Å². The first-order chi connectivity index (χ1) is 11.8. The lowest BCUT2D eigenvalue weighted by Gasteiger charge is -2.08. The van der Waals surface area contributed by atoms with Gasteiger partial charge < -0.3 is 10.6 Å². The van der Waals surface area contributed by atoms with E-state index in [1.165, 1.54) is 0 Å². The highest BCUT2D eigenvalue weighted by atomic mass is 79.9. The Morgan fingerprint density at radius 1 is 0.917 bits per heavy atom. The van der Waals surface area contributed by atoms with Gasteiger partial charge in [0.15, 0.2) is 0 Å². The van der Waals surface area contributed by atoms with Crippen LogP contribution in [0.5, 0.6) is 0 Å². The van der Waals surface area contributed by atoms with Crippen molar-refractivity contribution in [3.8, 4) is 0 Å². The number of halogens is 1. The van der Waals surface area contributed by atoms with Gasteiger partial charge in [0.05, 0.1) is 15.7 Å². The van der Waals surface area contributed by atoms with E-state index in [0.717, 1.165) is 31.9 Å². The van der Waals surface area contributed by atoms with Crippen molar-refractivity contribution < 1.29 is 0 Å². The average Bonchev–Trinajstić information content (AvgIpc) is 3.03. The van der Waals surface area contributed by atoms with Crippen LogP contribution in [0.15, 0.2) is 64.7 Å². The summed E-state index contributed by atoms with van der Waals surface area (Å²) in [6, 6.07) is 15.8. The van der Waals surface area contributed by atoms with E-state index in [2.05, 4.69) is 47.6 Å². The molecule has 7 heteroatoms. The van der Waals surface area contributed by atoms with Gasteiger partial charge in [-0.3, -0.25) is 0 Å². The van der Waals surface area contributed by atoms with Crippen molar-refractivity contribution in [3.05, 3.63) is 64.7 Å². The van der Waals surface area contributed by atoms with Crippen LogP contribution in [-0.4, -0.2) is 15.0 Å². The third-order valence-corrected chi connectivity index (χ3v) is 4.63. The van der Waals surface area contributed by atoms with Gasteiger partial charge in [0.25, 0.3) is 0 Å². The first-order valence-electron chi connectivity index (χ1n) is 7.22. The predicted molar refractivity (Wildman–Crippen MR) is 102 cm³/mol. The molecule has 0 radical (unpaired) electrons. The molecule has 0 saturated heterocycles.